The van der Waals surface area contributed by atoms with Gasteiger partial charge in [-0.2, -0.15) is 0 Å². The van der Waals surface area contributed by atoms with Gasteiger partial charge in [0.15, 0.2) is 5.78 Å². The molecule has 0 aliphatic heterocycles. The highest BCUT2D eigenvalue weighted by Crippen LogP contribution is 2.36. The molecule has 1 aromatic heterocycles. The van der Waals surface area contributed by atoms with Gasteiger partial charge in [-0.3, -0.25) is 9.59 Å². The standard InChI is InChI=1S/C13H21N3O2S/c1-7(2)5-6-16-13-9(12(18)15-4)10(14)11(19-13)8(3)17/h7,16H,5-6,14H2,1-4H3,(H,15,18). The minimum atomic E-state index is -0.270. The number of carbonyl (C=O) groups is 2. The lowest BCUT2D eigenvalue weighted by molar-refractivity contribution is 0.0965. The van der Waals surface area contributed by atoms with Gasteiger partial charge in [0.2, 0.25) is 0 Å². The van der Waals surface area contributed by atoms with Crippen molar-refractivity contribution in [1.29, 1.82) is 0 Å². The van der Waals surface area contributed by atoms with Crippen LogP contribution in [-0.2, 0) is 0 Å². The molecule has 0 unspecified atom stereocenters. The van der Waals surface area contributed by atoms with Crippen molar-refractivity contribution in [3.8, 4) is 0 Å². The third-order valence-corrected chi connectivity index (χ3v) is 3.99. The summed E-state index contributed by atoms with van der Waals surface area (Å²) in [6.07, 6.45) is 0.987. The normalized spacial score (nSPS) is 10.6. The van der Waals surface area contributed by atoms with Crippen molar-refractivity contribution in [1.82, 2.24) is 5.32 Å². The van der Waals surface area contributed by atoms with E-state index in [0.29, 0.717) is 21.4 Å². The van der Waals surface area contributed by atoms with E-state index in [1.165, 1.54) is 18.3 Å². The fraction of sp³-hybridized carbons (Fsp3) is 0.538. The molecule has 0 bridgehead atoms. The van der Waals surface area contributed by atoms with Crippen LogP contribution < -0.4 is 16.4 Å². The highest BCUT2D eigenvalue weighted by Gasteiger charge is 2.23. The van der Waals surface area contributed by atoms with Gasteiger partial charge in [0.1, 0.15) is 5.00 Å². The summed E-state index contributed by atoms with van der Waals surface area (Å²) in [7, 11) is 1.55. The highest BCUT2D eigenvalue weighted by atomic mass is 32.1. The molecule has 106 valence electrons. The number of hydrogen-bond donors (Lipinski definition) is 3. The summed E-state index contributed by atoms with van der Waals surface area (Å²) >= 11 is 1.24. The van der Waals surface area contributed by atoms with Gasteiger partial charge in [-0.15, -0.1) is 11.3 Å². The molecular formula is C13H21N3O2S. The van der Waals surface area contributed by atoms with E-state index in [9.17, 15) is 9.59 Å². The van der Waals surface area contributed by atoms with Gasteiger partial charge < -0.3 is 16.4 Å². The van der Waals surface area contributed by atoms with E-state index < -0.39 is 0 Å². The number of hydrogen-bond acceptors (Lipinski definition) is 5. The average molecular weight is 283 g/mol. The maximum atomic E-state index is 11.9. The highest BCUT2D eigenvalue weighted by molar-refractivity contribution is 7.19. The lowest BCUT2D eigenvalue weighted by Gasteiger charge is -2.08. The Kier molecular flexibility index (Phi) is 5.35. The molecule has 0 atom stereocenters. The van der Waals surface area contributed by atoms with Crippen LogP contribution in [0, 0.1) is 5.92 Å². The molecule has 6 heteroatoms. The minimum Gasteiger partial charge on any atom is -0.397 e. The maximum absolute atomic E-state index is 11.9. The Morgan fingerprint density at radius 3 is 2.47 bits per heavy atom. The van der Waals surface area contributed by atoms with Crippen LogP contribution in [0.4, 0.5) is 10.7 Å². The van der Waals surface area contributed by atoms with E-state index in [1.54, 1.807) is 7.05 Å². The Morgan fingerprint density at radius 1 is 1.37 bits per heavy atom. The molecule has 1 heterocycles. The van der Waals surface area contributed by atoms with Gasteiger partial charge in [-0.05, 0) is 12.3 Å². The summed E-state index contributed by atoms with van der Waals surface area (Å²) in [4.78, 5) is 23.8. The Labute approximate surface area is 117 Å². The fourth-order valence-electron chi connectivity index (χ4n) is 1.65. The summed E-state index contributed by atoms with van der Waals surface area (Å²) in [6.45, 7) is 6.46. The number of nitrogen functional groups attached to an aromatic ring is 1. The number of ketones is 1. The van der Waals surface area contributed by atoms with E-state index in [4.69, 9.17) is 5.73 Å². The van der Waals surface area contributed by atoms with Crippen molar-refractivity contribution < 1.29 is 9.59 Å². The van der Waals surface area contributed by atoms with Crippen LogP contribution in [0.2, 0.25) is 0 Å². The van der Waals surface area contributed by atoms with Crippen molar-refractivity contribution in [2.45, 2.75) is 27.2 Å². The third kappa shape index (κ3) is 3.70. The molecule has 0 fully saturated rings. The SMILES string of the molecule is CNC(=O)c1c(NCCC(C)C)sc(C(C)=O)c1N. The number of anilines is 2. The predicted molar refractivity (Wildman–Crippen MR) is 80.1 cm³/mol. The number of nitrogens with two attached hydrogens (primary N) is 1. The zero-order valence-corrected chi connectivity index (χ0v) is 12.6. The molecule has 0 aromatic carbocycles. The number of rotatable bonds is 6. The molecule has 0 aliphatic carbocycles. The Hall–Kier alpha value is -1.56. The second-order valence-corrected chi connectivity index (χ2v) is 5.81. The van der Waals surface area contributed by atoms with E-state index in [2.05, 4.69) is 24.5 Å². The van der Waals surface area contributed by atoms with Crippen LogP contribution in [-0.4, -0.2) is 25.3 Å². The number of carbonyl (C=O) groups excluding carboxylic acids is 2. The average Bonchev–Trinajstić information content (AvgIpc) is 2.65. The third-order valence-electron chi connectivity index (χ3n) is 2.73. The first-order valence-electron chi connectivity index (χ1n) is 6.27. The van der Waals surface area contributed by atoms with Crippen LogP contribution >= 0.6 is 11.3 Å². The molecule has 0 saturated carbocycles. The fourth-order valence-corrected chi connectivity index (χ4v) is 2.69. The smallest absolute Gasteiger partial charge is 0.256 e. The lowest BCUT2D eigenvalue weighted by Crippen LogP contribution is -2.20. The number of Topliss-reactive ketones (excluding diaryl/α,β-unsaturated/α-hetero) is 1. The summed E-state index contributed by atoms with van der Waals surface area (Å²) in [6, 6.07) is 0. The van der Waals surface area contributed by atoms with Crippen LogP contribution in [0.5, 0.6) is 0 Å². The number of thiophene rings is 1. The first-order chi connectivity index (χ1) is 8.88. The molecule has 0 aliphatic rings. The minimum absolute atomic E-state index is 0.121. The van der Waals surface area contributed by atoms with Gasteiger partial charge in [0.25, 0.3) is 5.91 Å². The van der Waals surface area contributed by atoms with Gasteiger partial charge in [-0.25, -0.2) is 0 Å². The summed E-state index contributed by atoms with van der Waals surface area (Å²) in [5.41, 5.74) is 6.55. The zero-order chi connectivity index (χ0) is 14.6. The van der Waals surface area contributed by atoms with Crippen LogP contribution in [0.1, 0.15) is 47.2 Å². The van der Waals surface area contributed by atoms with E-state index in [0.717, 1.165) is 13.0 Å². The Morgan fingerprint density at radius 2 is 2.00 bits per heavy atom. The maximum Gasteiger partial charge on any atom is 0.256 e. The molecule has 4 N–H and O–H groups in total. The second-order valence-electron chi connectivity index (χ2n) is 4.79. The van der Waals surface area contributed by atoms with Crippen molar-refractivity contribution in [2.75, 3.05) is 24.6 Å². The molecular weight excluding hydrogens is 262 g/mol. The van der Waals surface area contributed by atoms with Crippen molar-refractivity contribution in [3.63, 3.8) is 0 Å². The van der Waals surface area contributed by atoms with Gasteiger partial charge >= 0.3 is 0 Å². The summed E-state index contributed by atoms with van der Waals surface area (Å²) in [5, 5.41) is 6.42. The molecule has 5 nitrogen and oxygen atoms in total. The first kappa shape index (κ1) is 15.5. The van der Waals surface area contributed by atoms with E-state index >= 15 is 0 Å². The van der Waals surface area contributed by atoms with Gasteiger partial charge in [0.05, 0.1) is 16.1 Å². The molecule has 0 spiro atoms. The van der Waals surface area contributed by atoms with Crippen LogP contribution in [0.3, 0.4) is 0 Å². The molecule has 1 amide bonds. The number of nitrogens with one attached hydrogen (secondary N) is 2. The first-order valence-corrected chi connectivity index (χ1v) is 7.09. The zero-order valence-electron chi connectivity index (χ0n) is 11.8. The number of amides is 1. The summed E-state index contributed by atoms with van der Waals surface area (Å²) < 4.78 is 0. The molecule has 19 heavy (non-hydrogen) atoms. The van der Waals surface area contributed by atoms with Crippen molar-refractivity contribution in [3.05, 3.63) is 10.4 Å². The topological polar surface area (TPSA) is 84.2 Å². The van der Waals surface area contributed by atoms with Gasteiger partial charge in [0, 0.05) is 20.5 Å². The molecule has 1 aromatic rings. The lowest BCUT2D eigenvalue weighted by atomic mass is 10.1. The summed E-state index contributed by atoms with van der Waals surface area (Å²) in [5.74, 6) is 0.179. The quantitative estimate of drug-likeness (QED) is 0.700. The monoisotopic (exact) mass is 283 g/mol. The molecule has 0 saturated heterocycles. The Balaban J connectivity index is 3.04. The van der Waals surface area contributed by atoms with Crippen LogP contribution in [0.25, 0.3) is 0 Å². The predicted octanol–water partition coefficient (Wildman–Crippen LogP) is 2.35. The van der Waals surface area contributed by atoms with Crippen LogP contribution in [0.15, 0.2) is 0 Å². The van der Waals surface area contributed by atoms with Crippen molar-refractivity contribution >= 4 is 33.7 Å². The van der Waals surface area contributed by atoms with Crippen molar-refractivity contribution in [2.24, 2.45) is 5.92 Å². The van der Waals surface area contributed by atoms with Gasteiger partial charge in [-0.1, -0.05) is 13.8 Å². The largest absolute Gasteiger partial charge is 0.397 e. The second kappa shape index (κ2) is 6.56. The molecule has 0 radical (unpaired) electrons. The molecule has 1 rings (SSSR count). The Bertz CT molecular complexity index is 480. The van der Waals surface area contributed by atoms with E-state index in [1.807, 2.05) is 0 Å². The van der Waals surface area contributed by atoms with E-state index in [-0.39, 0.29) is 17.4 Å².